The van der Waals surface area contributed by atoms with Crippen LogP contribution in [0.3, 0.4) is 0 Å². The van der Waals surface area contributed by atoms with Crippen molar-refractivity contribution in [2.75, 3.05) is 0 Å². The summed E-state index contributed by atoms with van der Waals surface area (Å²) in [5.74, 6) is 0.963. The van der Waals surface area contributed by atoms with Crippen LogP contribution in [0.1, 0.15) is 90.9 Å². The molecule has 0 aromatic heterocycles. The first-order valence-electron chi connectivity index (χ1n) is 11.4. The molecule has 0 aliphatic heterocycles. The smallest absolute Gasteiger partial charge is 0.309 e. The van der Waals surface area contributed by atoms with Crippen LogP contribution in [0.2, 0.25) is 0 Å². The number of rotatable bonds is 5. The summed E-state index contributed by atoms with van der Waals surface area (Å²) in [4.78, 5) is 24.4. The molecule has 1 N–H and O–H groups in total. The number of carboxylic acid groups (broad SMARTS) is 1. The van der Waals surface area contributed by atoms with Gasteiger partial charge in [-0.05, 0) is 68.6 Å². The Morgan fingerprint density at radius 1 is 0.778 bits per heavy atom. The van der Waals surface area contributed by atoms with Gasteiger partial charge in [0.25, 0.3) is 0 Å². The van der Waals surface area contributed by atoms with Crippen LogP contribution < -0.4 is 0 Å². The summed E-state index contributed by atoms with van der Waals surface area (Å²) in [7, 11) is 0. The highest BCUT2D eigenvalue weighted by Crippen LogP contribution is 2.41. The van der Waals surface area contributed by atoms with E-state index in [-0.39, 0.29) is 23.9 Å². The van der Waals surface area contributed by atoms with Gasteiger partial charge in [0.05, 0.1) is 11.8 Å². The van der Waals surface area contributed by atoms with E-state index in [0.29, 0.717) is 24.7 Å². The highest BCUT2D eigenvalue weighted by molar-refractivity contribution is 5.75. The molecule has 4 heteroatoms. The third-order valence-electron chi connectivity index (χ3n) is 7.49. The molecular formula is C23H38O4. The van der Waals surface area contributed by atoms with Gasteiger partial charge in [0, 0.05) is 0 Å². The lowest BCUT2D eigenvalue weighted by molar-refractivity contribution is -0.165. The van der Waals surface area contributed by atoms with Gasteiger partial charge in [-0.1, -0.05) is 46.0 Å². The van der Waals surface area contributed by atoms with E-state index in [1.807, 2.05) is 0 Å². The van der Waals surface area contributed by atoms with Gasteiger partial charge in [0.1, 0.15) is 6.10 Å². The molecule has 3 fully saturated rings. The molecule has 0 spiro atoms. The maximum Gasteiger partial charge on any atom is 0.309 e. The van der Waals surface area contributed by atoms with Gasteiger partial charge < -0.3 is 9.84 Å². The molecule has 0 amide bonds. The van der Waals surface area contributed by atoms with Gasteiger partial charge in [-0.25, -0.2) is 0 Å². The largest absolute Gasteiger partial charge is 0.481 e. The fourth-order valence-electron chi connectivity index (χ4n) is 5.99. The third-order valence-corrected chi connectivity index (χ3v) is 7.49. The minimum Gasteiger partial charge on any atom is -0.481 e. The lowest BCUT2D eigenvalue weighted by atomic mass is 9.71. The van der Waals surface area contributed by atoms with Crippen molar-refractivity contribution < 1.29 is 19.4 Å². The average molecular weight is 379 g/mol. The molecule has 0 heterocycles. The monoisotopic (exact) mass is 378 g/mol. The van der Waals surface area contributed by atoms with Crippen LogP contribution in [-0.4, -0.2) is 23.1 Å². The first-order valence-corrected chi connectivity index (χ1v) is 11.4. The molecule has 6 atom stereocenters. The van der Waals surface area contributed by atoms with Crippen LogP contribution in [0.15, 0.2) is 0 Å². The number of carbonyl (C=O) groups excluding carboxylic acids is 1. The molecule has 0 radical (unpaired) electrons. The number of carboxylic acids is 1. The quantitative estimate of drug-likeness (QED) is 0.647. The van der Waals surface area contributed by atoms with Crippen molar-refractivity contribution in [1.29, 1.82) is 0 Å². The van der Waals surface area contributed by atoms with Crippen LogP contribution in [0, 0.1) is 35.5 Å². The van der Waals surface area contributed by atoms with E-state index in [1.165, 1.54) is 51.4 Å². The molecule has 0 aromatic rings. The zero-order chi connectivity index (χ0) is 19.4. The first-order chi connectivity index (χ1) is 12.9. The van der Waals surface area contributed by atoms with E-state index >= 15 is 0 Å². The second kappa shape index (κ2) is 9.43. The van der Waals surface area contributed by atoms with Gasteiger partial charge in [-0.3, -0.25) is 9.59 Å². The predicted octanol–water partition coefficient (Wildman–Crippen LogP) is 5.44. The van der Waals surface area contributed by atoms with Crippen molar-refractivity contribution in [1.82, 2.24) is 0 Å². The Hall–Kier alpha value is -1.06. The Kier molecular flexibility index (Phi) is 7.22. The van der Waals surface area contributed by atoms with Crippen molar-refractivity contribution in [2.45, 2.75) is 97.0 Å². The second-order valence-corrected chi connectivity index (χ2v) is 9.86. The first kappa shape index (κ1) is 20.7. The standard InChI is InChI=1S/C23H38O4/c1-15-6-3-8-17(12-15)21(18-9-4-7-16(2)13-18)27-23(26)20-11-5-10-19(14-20)22(24)25/h15-21H,3-14H2,1-2H3,(H,24,25). The van der Waals surface area contributed by atoms with Gasteiger partial charge in [-0.2, -0.15) is 0 Å². The van der Waals surface area contributed by atoms with Crippen molar-refractivity contribution in [2.24, 2.45) is 35.5 Å². The summed E-state index contributed by atoms with van der Waals surface area (Å²) in [5.41, 5.74) is 0. The van der Waals surface area contributed by atoms with Crippen LogP contribution >= 0.6 is 0 Å². The van der Waals surface area contributed by atoms with E-state index in [9.17, 15) is 14.7 Å². The van der Waals surface area contributed by atoms with Crippen LogP contribution in [-0.2, 0) is 14.3 Å². The number of hydrogen-bond acceptors (Lipinski definition) is 3. The van der Waals surface area contributed by atoms with Gasteiger partial charge in [0.2, 0.25) is 0 Å². The Labute approximate surface area is 164 Å². The number of ether oxygens (including phenoxy) is 1. The second-order valence-electron chi connectivity index (χ2n) is 9.86. The topological polar surface area (TPSA) is 63.6 Å². The molecule has 0 aromatic carbocycles. The number of aliphatic carboxylic acids is 1. The lowest BCUT2D eigenvalue weighted by Gasteiger charge is -2.40. The molecule has 3 rings (SSSR count). The lowest BCUT2D eigenvalue weighted by Crippen LogP contribution is -2.40. The summed E-state index contributed by atoms with van der Waals surface area (Å²) >= 11 is 0. The molecule has 0 bridgehead atoms. The highest BCUT2D eigenvalue weighted by Gasteiger charge is 2.39. The predicted molar refractivity (Wildman–Crippen MR) is 105 cm³/mol. The fraction of sp³-hybridized carbons (Fsp3) is 0.913. The Bertz CT molecular complexity index is 495. The summed E-state index contributed by atoms with van der Waals surface area (Å²) in [6.07, 6.45) is 12.6. The van der Waals surface area contributed by atoms with Gasteiger partial charge in [0.15, 0.2) is 0 Å². The summed E-state index contributed by atoms with van der Waals surface area (Å²) in [6, 6.07) is 0. The average Bonchev–Trinajstić information content (AvgIpc) is 2.66. The molecular weight excluding hydrogens is 340 g/mol. The SMILES string of the molecule is CC1CCCC(C(OC(=O)C2CCCC(C(=O)O)C2)C2CCCC(C)C2)C1. The molecule has 6 unspecified atom stereocenters. The summed E-state index contributed by atoms with van der Waals surface area (Å²) in [5, 5.41) is 9.33. The molecule has 3 aliphatic rings. The van der Waals surface area contributed by atoms with Crippen molar-refractivity contribution >= 4 is 11.9 Å². The maximum absolute atomic E-state index is 13.0. The van der Waals surface area contributed by atoms with Crippen molar-refractivity contribution in [3.05, 3.63) is 0 Å². The highest BCUT2D eigenvalue weighted by atomic mass is 16.5. The van der Waals surface area contributed by atoms with Crippen molar-refractivity contribution in [3.63, 3.8) is 0 Å². The molecule has 154 valence electrons. The van der Waals surface area contributed by atoms with Crippen LogP contribution in [0.5, 0.6) is 0 Å². The number of hydrogen-bond donors (Lipinski definition) is 1. The van der Waals surface area contributed by atoms with E-state index in [1.54, 1.807) is 0 Å². The van der Waals surface area contributed by atoms with Crippen LogP contribution in [0.4, 0.5) is 0 Å². The van der Waals surface area contributed by atoms with Crippen molar-refractivity contribution in [3.8, 4) is 0 Å². The Morgan fingerprint density at radius 2 is 1.30 bits per heavy atom. The van der Waals surface area contributed by atoms with Crippen LogP contribution in [0.25, 0.3) is 0 Å². The normalized spacial score (nSPS) is 38.7. The third kappa shape index (κ3) is 5.48. The Balaban J connectivity index is 1.68. The Morgan fingerprint density at radius 3 is 1.81 bits per heavy atom. The molecule has 4 nitrogen and oxygen atoms in total. The summed E-state index contributed by atoms with van der Waals surface area (Å²) in [6.45, 7) is 4.65. The van der Waals surface area contributed by atoms with E-state index in [4.69, 9.17) is 4.74 Å². The van der Waals surface area contributed by atoms with Gasteiger partial charge >= 0.3 is 11.9 Å². The number of carbonyl (C=O) groups is 2. The molecule has 3 saturated carbocycles. The van der Waals surface area contributed by atoms with Gasteiger partial charge in [-0.15, -0.1) is 0 Å². The van der Waals surface area contributed by atoms with E-state index < -0.39 is 5.97 Å². The zero-order valence-corrected chi connectivity index (χ0v) is 17.2. The minimum absolute atomic E-state index is 0.0493. The van der Waals surface area contributed by atoms with E-state index in [2.05, 4.69) is 13.8 Å². The fourth-order valence-corrected chi connectivity index (χ4v) is 5.99. The molecule has 3 aliphatic carbocycles. The zero-order valence-electron chi connectivity index (χ0n) is 17.2. The maximum atomic E-state index is 13.0. The minimum atomic E-state index is -0.758. The molecule has 27 heavy (non-hydrogen) atoms. The number of esters is 1. The molecule has 0 saturated heterocycles. The summed E-state index contributed by atoms with van der Waals surface area (Å²) < 4.78 is 6.26. The van der Waals surface area contributed by atoms with E-state index in [0.717, 1.165) is 24.7 Å².